The maximum Gasteiger partial charge on any atom is 0.255 e. The Hall–Kier alpha value is -1.16. The Bertz CT molecular complexity index is 366. The normalized spacial score (nSPS) is 10.1. The monoisotopic (exact) mass is 239 g/mol. The van der Waals surface area contributed by atoms with Crippen molar-refractivity contribution in [2.24, 2.45) is 0 Å². The van der Waals surface area contributed by atoms with Crippen LogP contribution in [-0.2, 0) is 0 Å². The molecule has 0 aliphatic heterocycles. The highest BCUT2D eigenvalue weighted by atomic mass is 32.2. The number of nitrogens with one attached hydrogen (secondary N) is 1. The number of aromatic hydroxyl groups is 1. The second kappa shape index (κ2) is 6.43. The molecule has 0 saturated heterocycles. The average molecular weight is 239 g/mol. The van der Waals surface area contributed by atoms with Crippen molar-refractivity contribution in [2.75, 3.05) is 18.6 Å². The summed E-state index contributed by atoms with van der Waals surface area (Å²) in [7, 11) is 0. The largest absolute Gasteiger partial charge is 0.507 e. The van der Waals surface area contributed by atoms with E-state index >= 15 is 0 Å². The highest BCUT2D eigenvalue weighted by molar-refractivity contribution is 7.98. The molecule has 88 valence electrons. The lowest BCUT2D eigenvalue weighted by atomic mass is 10.1. The molecule has 0 radical (unpaired) electrons. The highest BCUT2D eigenvalue weighted by Gasteiger charge is 2.09. The number of benzene rings is 1. The fourth-order valence-corrected chi connectivity index (χ4v) is 1.78. The van der Waals surface area contributed by atoms with Gasteiger partial charge in [-0.15, -0.1) is 0 Å². The van der Waals surface area contributed by atoms with E-state index in [4.69, 9.17) is 0 Å². The summed E-state index contributed by atoms with van der Waals surface area (Å²) in [5, 5.41) is 12.4. The van der Waals surface area contributed by atoms with E-state index in [1.807, 2.05) is 19.2 Å². The van der Waals surface area contributed by atoms with Crippen molar-refractivity contribution in [3.05, 3.63) is 29.3 Å². The van der Waals surface area contributed by atoms with Crippen LogP contribution in [0.5, 0.6) is 5.75 Å². The first kappa shape index (κ1) is 12.9. The molecule has 3 nitrogen and oxygen atoms in total. The van der Waals surface area contributed by atoms with Gasteiger partial charge in [-0.3, -0.25) is 4.79 Å². The van der Waals surface area contributed by atoms with E-state index in [2.05, 4.69) is 5.32 Å². The van der Waals surface area contributed by atoms with Gasteiger partial charge in [-0.2, -0.15) is 11.8 Å². The minimum atomic E-state index is -0.210. The molecule has 0 heterocycles. The van der Waals surface area contributed by atoms with E-state index in [0.29, 0.717) is 12.1 Å². The number of hydrogen-bond acceptors (Lipinski definition) is 3. The summed E-state index contributed by atoms with van der Waals surface area (Å²) in [5.41, 5.74) is 1.28. The van der Waals surface area contributed by atoms with Gasteiger partial charge >= 0.3 is 0 Å². The Labute approximate surface area is 100 Å². The number of thioether (sulfide) groups is 1. The zero-order chi connectivity index (χ0) is 12.0. The summed E-state index contributed by atoms with van der Waals surface area (Å²) in [6, 6.07) is 5.06. The van der Waals surface area contributed by atoms with Gasteiger partial charge in [-0.25, -0.2) is 0 Å². The maximum absolute atomic E-state index is 11.7. The van der Waals surface area contributed by atoms with Crippen LogP contribution >= 0.6 is 11.8 Å². The first-order valence-corrected chi connectivity index (χ1v) is 6.61. The Balaban J connectivity index is 2.53. The smallest absolute Gasteiger partial charge is 0.255 e. The van der Waals surface area contributed by atoms with Crippen LogP contribution in [-0.4, -0.2) is 29.6 Å². The summed E-state index contributed by atoms with van der Waals surface area (Å²) < 4.78 is 0. The van der Waals surface area contributed by atoms with Gasteiger partial charge in [-0.1, -0.05) is 6.07 Å². The van der Waals surface area contributed by atoms with Crippen molar-refractivity contribution in [3.63, 3.8) is 0 Å². The van der Waals surface area contributed by atoms with Crippen LogP contribution in [0.15, 0.2) is 18.2 Å². The molecule has 0 saturated carbocycles. The van der Waals surface area contributed by atoms with Crippen molar-refractivity contribution in [1.29, 1.82) is 0 Å². The third-order valence-electron chi connectivity index (χ3n) is 2.21. The van der Waals surface area contributed by atoms with Gasteiger partial charge in [0.25, 0.3) is 5.91 Å². The van der Waals surface area contributed by atoms with Gasteiger partial charge in [0, 0.05) is 6.54 Å². The zero-order valence-electron chi connectivity index (χ0n) is 9.62. The van der Waals surface area contributed by atoms with Crippen molar-refractivity contribution >= 4 is 17.7 Å². The Morgan fingerprint density at radius 1 is 1.50 bits per heavy atom. The number of aryl methyl sites for hydroxylation is 1. The van der Waals surface area contributed by atoms with E-state index in [1.54, 1.807) is 23.9 Å². The minimum Gasteiger partial charge on any atom is -0.507 e. The molecule has 0 atom stereocenters. The molecule has 1 amide bonds. The van der Waals surface area contributed by atoms with Gasteiger partial charge in [0.1, 0.15) is 5.75 Å². The summed E-state index contributed by atoms with van der Waals surface area (Å²) in [6.07, 6.45) is 2.98. The number of phenolic OH excluding ortho intramolecular Hbond substituents is 1. The lowest BCUT2D eigenvalue weighted by Gasteiger charge is -2.06. The standard InChI is InChI=1S/C12H17NO2S/c1-9-4-5-10(11(14)8-9)12(15)13-6-3-7-16-2/h4-5,8,14H,3,6-7H2,1-2H3,(H,13,15). The second-order valence-electron chi connectivity index (χ2n) is 3.62. The number of carbonyl (C=O) groups is 1. The lowest BCUT2D eigenvalue weighted by Crippen LogP contribution is -2.24. The second-order valence-corrected chi connectivity index (χ2v) is 4.61. The third kappa shape index (κ3) is 3.77. The predicted octanol–water partition coefficient (Wildman–Crippen LogP) is 2.18. The molecule has 2 N–H and O–H groups in total. The van der Waals surface area contributed by atoms with E-state index in [-0.39, 0.29) is 11.7 Å². The number of carbonyl (C=O) groups excluding carboxylic acids is 1. The summed E-state index contributed by atoms with van der Waals surface area (Å²) in [6.45, 7) is 2.52. The number of hydrogen-bond donors (Lipinski definition) is 2. The Kier molecular flexibility index (Phi) is 5.19. The van der Waals surface area contributed by atoms with Crippen LogP contribution in [0.3, 0.4) is 0 Å². The summed E-state index contributed by atoms with van der Waals surface area (Å²) in [4.78, 5) is 11.7. The molecule has 1 rings (SSSR count). The van der Waals surface area contributed by atoms with Gasteiger partial charge < -0.3 is 10.4 Å². The van der Waals surface area contributed by atoms with E-state index < -0.39 is 0 Å². The SMILES string of the molecule is CSCCCNC(=O)c1ccc(C)cc1O. The van der Waals surface area contributed by atoms with E-state index in [0.717, 1.165) is 17.7 Å². The van der Waals surface area contributed by atoms with E-state index in [1.165, 1.54) is 0 Å². The molecule has 4 heteroatoms. The molecule has 0 aliphatic rings. The number of amides is 1. The zero-order valence-corrected chi connectivity index (χ0v) is 10.4. The molecule has 0 bridgehead atoms. The molecule has 16 heavy (non-hydrogen) atoms. The first-order chi connectivity index (χ1) is 7.65. The van der Waals surface area contributed by atoms with E-state index in [9.17, 15) is 9.90 Å². The quantitative estimate of drug-likeness (QED) is 0.774. The number of rotatable bonds is 5. The number of phenols is 1. The molecule has 0 unspecified atom stereocenters. The highest BCUT2D eigenvalue weighted by Crippen LogP contribution is 2.17. The summed E-state index contributed by atoms with van der Waals surface area (Å²) in [5.74, 6) is 0.862. The molecule has 0 fully saturated rings. The predicted molar refractivity (Wildman–Crippen MR) is 68.2 cm³/mol. The molecular formula is C12H17NO2S. The van der Waals surface area contributed by atoms with Crippen LogP contribution in [0.2, 0.25) is 0 Å². The topological polar surface area (TPSA) is 49.3 Å². The maximum atomic E-state index is 11.7. The molecular weight excluding hydrogens is 222 g/mol. The fourth-order valence-electron chi connectivity index (χ4n) is 1.35. The minimum absolute atomic E-state index is 0.0439. The average Bonchev–Trinajstić information content (AvgIpc) is 2.24. The van der Waals surface area contributed by atoms with Gasteiger partial charge in [-0.05, 0) is 43.0 Å². The molecule has 0 aliphatic carbocycles. The van der Waals surface area contributed by atoms with Crippen molar-refractivity contribution in [2.45, 2.75) is 13.3 Å². The third-order valence-corrected chi connectivity index (χ3v) is 2.91. The van der Waals surface area contributed by atoms with Gasteiger partial charge in [0.2, 0.25) is 0 Å². The first-order valence-electron chi connectivity index (χ1n) is 5.22. The molecule has 1 aromatic carbocycles. The van der Waals surface area contributed by atoms with Crippen molar-refractivity contribution < 1.29 is 9.90 Å². The van der Waals surface area contributed by atoms with Crippen LogP contribution in [0, 0.1) is 6.92 Å². The Morgan fingerprint density at radius 3 is 2.88 bits per heavy atom. The lowest BCUT2D eigenvalue weighted by molar-refractivity contribution is 0.0951. The fraction of sp³-hybridized carbons (Fsp3) is 0.417. The summed E-state index contributed by atoms with van der Waals surface area (Å²) >= 11 is 1.75. The van der Waals surface area contributed by atoms with Crippen LogP contribution in [0.25, 0.3) is 0 Å². The molecule has 1 aromatic rings. The van der Waals surface area contributed by atoms with Crippen LogP contribution in [0.1, 0.15) is 22.3 Å². The van der Waals surface area contributed by atoms with Crippen LogP contribution < -0.4 is 5.32 Å². The van der Waals surface area contributed by atoms with Gasteiger partial charge in [0.15, 0.2) is 0 Å². The molecule has 0 aromatic heterocycles. The van der Waals surface area contributed by atoms with Crippen molar-refractivity contribution in [3.8, 4) is 5.75 Å². The molecule has 0 spiro atoms. The van der Waals surface area contributed by atoms with Crippen molar-refractivity contribution in [1.82, 2.24) is 5.32 Å². The Morgan fingerprint density at radius 2 is 2.25 bits per heavy atom. The van der Waals surface area contributed by atoms with Gasteiger partial charge in [0.05, 0.1) is 5.56 Å². The van der Waals surface area contributed by atoms with Crippen LogP contribution in [0.4, 0.5) is 0 Å².